The van der Waals surface area contributed by atoms with Crippen LogP contribution in [0.4, 0.5) is 0 Å². The highest BCUT2D eigenvalue weighted by molar-refractivity contribution is 6.30. The summed E-state index contributed by atoms with van der Waals surface area (Å²) in [6, 6.07) is 26.1. The first-order chi connectivity index (χ1) is 16.1. The van der Waals surface area contributed by atoms with Crippen molar-refractivity contribution < 1.29 is 14.6 Å². The van der Waals surface area contributed by atoms with Crippen molar-refractivity contribution in [3.05, 3.63) is 101 Å². The van der Waals surface area contributed by atoms with E-state index in [1.807, 2.05) is 66.7 Å². The van der Waals surface area contributed by atoms with E-state index in [9.17, 15) is 5.11 Å². The topological polar surface area (TPSA) is 41.9 Å². The predicted molar refractivity (Wildman–Crippen MR) is 133 cm³/mol. The van der Waals surface area contributed by atoms with Crippen molar-refractivity contribution in [1.82, 2.24) is 4.90 Å². The minimum Gasteiger partial charge on any atom is -0.497 e. The van der Waals surface area contributed by atoms with Crippen LogP contribution < -0.4 is 4.74 Å². The summed E-state index contributed by atoms with van der Waals surface area (Å²) in [5.41, 5.74) is 2.12. The maximum atomic E-state index is 12.5. The maximum absolute atomic E-state index is 12.5. The molecule has 2 atom stereocenters. The van der Waals surface area contributed by atoms with Gasteiger partial charge in [-0.25, -0.2) is 0 Å². The molecule has 0 saturated carbocycles. The lowest BCUT2D eigenvalue weighted by molar-refractivity contribution is -0.0279. The molecule has 4 rings (SSSR count). The van der Waals surface area contributed by atoms with Crippen LogP contribution >= 0.6 is 11.6 Å². The van der Waals surface area contributed by atoms with Crippen molar-refractivity contribution in [3.8, 4) is 5.75 Å². The van der Waals surface area contributed by atoms with Crippen molar-refractivity contribution in [1.29, 1.82) is 0 Å². The van der Waals surface area contributed by atoms with E-state index >= 15 is 0 Å². The second kappa shape index (κ2) is 11.2. The van der Waals surface area contributed by atoms with Crippen LogP contribution in [-0.4, -0.2) is 50.0 Å². The van der Waals surface area contributed by atoms with Crippen LogP contribution in [0.5, 0.6) is 5.75 Å². The summed E-state index contributed by atoms with van der Waals surface area (Å²) < 4.78 is 10.9. The van der Waals surface area contributed by atoms with Crippen LogP contribution in [0.15, 0.2) is 78.9 Å². The fourth-order valence-electron chi connectivity index (χ4n) is 4.65. The molecule has 1 fully saturated rings. The lowest BCUT2D eigenvalue weighted by Gasteiger charge is -2.41. The summed E-state index contributed by atoms with van der Waals surface area (Å²) in [4.78, 5) is 2.39. The highest BCUT2D eigenvalue weighted by Gasteiger charge is 2.40. The first-order valence-electron chi connectivity index (χ1n) is 11.5. The lowest BCUT2D eigenvalue weighted by Crippen LogP contribution is -2.45. The largest absolute Gasteiger partial charge is 0.497 e. The van der Waals surface area contributed by atoms with E-state index in [-0.39, 0.29) is 5.92 Å². The van der Waals surface area contributed by atoms with Crippen LogP contribution in [0, 0.1) is 0 Å². The van der Waals surface area contributed by atoms with E-state index < -0.39 is 5.60 Å². The molecule has 1 saturated heterocycles. The van der Waals surface area contributed by atoms with Gasteiger partial charge in [0.15, 0.2) is 0 Å². The van der Waals surface area contributed by atoms with Gasteiger partial charge in [0.25, 0.3) is 0 Å². The van der Waals surface area contributed by atoms with Gasteiger partial charge in [0.1, 0.15) is 5.75 Å². The Bertz CT molecular complexity index is 988. The van der Waals surface area contributed by atoms with Gasteiger partial charge in [0.2, 0.25) is 0 Å². The predicted octanol–water partition coefficient (Wildman–Crippen LogP) is 5.29. The Kier molecular flexibility index (Phi) is 8.05. The minimum atomic E-state index is -1.08. The van der Waals surface area contributed by atoms with Gasteiger partial charge in [-0.05, 0) is 53.8 Å². The second-order valence-corrected chi connectivity index (χ2v) is 9.09. The van der Waals surface area contributed by atoms with Gasteiger partial charge in [0, 0.05) is 30.6 Å². The van der Waals surface area contributed by atoms with Crippen molar-refractivity contribution in [2.24, 2.45) is 0 Å². The average molecular weight is 466 g/mol. The van der Waals surface area contributed by atoms with Crippen LogP contribution in [0.3, 0.4) is 0 Å². The highest BCUT2D eigenvalue weighted by Crippen LogP contribution is 2.42. The molecule has 0 amide bonds. The summed E-state index contributed by atoms with van der Waals surface area (Å²) in [7, 11) is 1.66. The van der Waals surface area contributed by atoms with Gasteiger partial charge >= 0.3 is 0 Å². The molecular weight excluding hydrogens is 434 g/mol. The molecule has 33 heavy (non-hydrogen) atoms. The van der Waals surface area contributed by atoms with Crippen molar-refractivity contribution >= 4 is 11.6 Å². The Labute approximate surface area is 201 Å². The van der Waals surface area contributed by atoms with Gasteiger partial charge in [0.05, 0.1) is 25.9 Å². The van der Waals surface area contributed by atoms with Crippen LogP contribution in [0.25, 0.3) is 0 Å². The van der Waals surface area contributed by atoms with Crippen molar-refractivity contribution in [2.45, 2.75) is 24.4 Å². The molecule has 3 aromatic rings. The number of hydrogen-bond donors (Lipinski definition) is 1. The van der Waals surface area contributed by atoms with Gasteiger partial charge in [-0.2, -0.15) is 0 Å². The number of methoxy groups -OCH3 is 1. The first-order valence-corrected chi connectivity index (χ1v) is 11.9. The Morgan fingerprint density at radius 3 is 2.27 bits per heavy atom. The Morgan fingerprint density at radius 2 is 1.64 bits per heavy atom. The lowest BCUT2D eigenvalue weighted by atomic mass is 9.73. The zero-order valence-corrected chi connectivity index (χ0v) is 19.9. The number of halogens is 1. The summed E-state index contributed by atoms with van der Waals surface area (Å²) in [6.07, 6.45) is 1.37. The quantitative estimate of drug-likeness (QED) is 0.466. The average Bonchev–Trinajstić information content (AvgIpc) is 2.88. The molecule has 0 aromatic heterocycles. The minimum absolute atomic E-state index is 0.134. The standard InChI is InChI=1S/C28H32ClNO3/c1-32-26-13-9-24(10-14-26)28(31,16-15-22-5-3-2-4-6-22)27(21-30-17-19-33-20-18-30)23-7-11-25(29)12-8-23/h2-14,27,31H,15-21H2,1H3/t27-,28-/m1/s1. The van der Waals surface area contributed by atoms with Crippen LogP contribution in [-0.2, 0) is 16.8 Å². The monoisotopic (exact) mass is 465 g/mol. The van der Waals surface area contributed by atoms with Gasteiger partial charge < -0.3 is 14.6 Å². The molecule has 0 spiro atoms. The number of rotatable bonds is 9. The van der Waals surface area contributed by atoms with E-state index in [4.69, 9.17) is 21.1 Å². The second-order valence-electron chi connectivity index (χ2n) is 8.66. The normalized spacial score (nSPS) is 17.3. The number of nitrogens with zero attached hydrogens (tertiary/aromatic N) is 1. The van der Waals surface area contributed by atoms with E-state index in [0.717, 1.165) is 56.1 Å². The summed E-state index contributed by atoms with van der Waals surface area (Å²) >= 11 is 6.21. The maximum Gasteiger partial charge on any atom is 0.118 e. The van der Waals surface area contributed by atoms with E-state index in [0.29, 0.717) is 11.4 Å². The SMILES string of the molecule is COc1ccc([C@](O)(CCc2ccccc2)[C@H](CN2CCOCC2)c2ccc(Cl)cc2)cc1. The van der Waals surface area contributed by atoms with Gasteiger partial charge in [-0.15, -0.1) is 0 Å². The third-order valence-corrected chi connectivity index (χ3v) is 6.87. The molecule has 1 heterocycles. The molecule has 0 radical (unpaired) electrons. The Hall–Kier alpha value is -2.37. The Balaban J connectivity index is 1.73. The fraction of sp³-hybridized carbons (Fsp3) is 0.357. The number of aliphatic hydroxyl groups is 1. The third-order valence-electron chi connectivity index (χ3n) is 6.62. The van der Waals surface area contributed by atoms with E-state index in [1.54, 1.807) is 7.11 Å². The van der Waals surface area contributed by atoms with Crippen LogP contribution in [0.1, 0.15) is 29.0 Å². The molecule has 0 bridgehead atoms. The van der Waals surface area contributed by atoms with Gasteiger partial charge in [-0.1, -0.05) is 66.2 Å². The number of hydrogen-bond acceptors (Lipinski definition) is 4. The number of ether oxygens (including phenoxy) is 2. The Morgan fingerprint density at radius 1 is 0.970 bits per heavy atom. The summed E-state index contributed by atoms with van der Waals surface area (Å²) in [5, 5.41) is 13.2. The molecule has 174 valence electrons. The van der Waals surface area contributed by atoms with Crippen molar-refractivity contribution in [2.75, 3.05) is 40.0 Å². The molecule has 1 aliphatic heterocycles. The molecular formula is C28H32ClNO3. The zero-order valence-electron chi connectivity index (χ0n) is 19.1. The molecule has 4 nitrogen and oxygen atoms in total. The molecule has 0 unspecified atom stereocenters. The smallest absolute Gasteiger partial charge is 0.118 e. The molecule has 5 heteroatoms. The molecule has 0 aliphatic carbocycles. The van der Waals surface area contributed by atoms with Crippen molar-refractivity contribution in [3.63, 3.8) is 0 Å². The fourth-order valence-corrected chi connectivity index (χ4v) is 4.77. The molecule has 1 aliphatic rings. The zero-order chi connectivity index (χ0) is 23.1. The first kappa shape index (κ1) is 23.8. The highest BCUT2D eigenvalue weighted by atomic mass is 35.5. The van der Waals surface area contributed by atoms with E-state index in [2.05, 4.69) is 17.0 Å². The molecule has 3 aromatic carbocycles. The van der Waals surface area contributed by atoms with Crippen LogP contribution in [0.2, 0.25) is 5.02 Å². The third kappa shape index (κ3) is 5.96. The number of morpholine rings is 1. The number of aryl methyl sites for hydroxylation is 1. The molecule has 1 N–H and O–H groups in total. The van der Waals surface area contributed by atoms with Gasteiger partial charge in [-0.3, -0.25) is 4.90 Å². The summed E-state index contributed by atoms with van der Waals surface area (Å²) in [6.45, 7) is 3.90. The summed E-state index contributed by atoms with van der Waals surface area (Å²) in [5.74, 6) is 0.644. The van der Waals surface area contributed by atoms with E-state index in [1.165, 1.54) is 5.56 Å². The number of benzene rings is 3.